The van der Waals surface area contributed by atoms with Gasteiger partial charge in [0, 0.05) is 57.6 Å². The van der Waals surface area contributed by atoms with Gasteiger partial charge in [0.15, 0.2) is 0 Å². The second-order valence-corrected chi connectivity index (χ2v) is 11.5. The van der Waals surface area contributed by atoms with Gasteiger partial charge in [0.05, 0.1) is 16.4 Å². The zero-order chi connectivity index (χ0) is 29.7. The summed E-state index contributed by atoms with van der Waals surface area (Å²) in [5, 5.41) is 9.56. The highest BCUT2D eigenvalue weighted by Gasteiger charge is 2.43. The number of amides is 2. The van der Waals surface area contributed by atoms with Crippen molar-refractivity contribution in [2.45, 2.75) is 44.7 Å². The van der Waals surface area contributed by atoms with E-state index in [1.807, 2.05) is 25.1 Å². The summed E-state index contributed by atoms with van der Waals surface area (Å²) in [6, 6.07) is 21.2. The van der Waals surface area contributed by atoms with Crippen LogP contribution in [0.25, 0.3) is 11.3 Å². The van der Waals surface area contributed by atoms with E-state index in [1.54, 1.807) is 36.2 Å². The molecule has 3 aromatic rings. The summed E-state index contributed by atoms with van der Waals surface area (Å²) in [7, 11) is 1.68. The van der Waals surface area contributed by atoms with Gasteiger partial charge in [-0.1, -0.05) is 35.9 Å². The number of anilines is 2. The molecule has 5 rings (SSSR count). The molecule has 2 fully saturated rings. The molecule has 0 radical (unpaired) electrons. The molecule has 2 saturated heterocycles. The van der Waals surface area contributed by atoms with Crippen molar-refractivity contribution < 1.29 is 9.59 Å². The van der Waals surface area contributed by atoms with Crippen molar-refractivity contribution in [1.82, 2.24) is 14.8 Å². The molecule has 3 heterocycles. The van der Waals surface area contributed by atoms with Crippen LogP contribution in [0.4, 0.5) is 16.2 Å². The largest absolute Gasteiger partial charge is 0.372 e. The minimum atomic E-state index is -0.871. The van der Waals surface area contributed by atoms with Crippen LogP contribution in [-0.2, 0) is 11.3 Å². The predicted molar refractivity (Wildman–Crippen MR) is 167 cm³/mol. The molecule has 1 aromatic heterocycles. The van der Waals surface area contributed by atoms with Crippen LogP contribution in [0.1, 0.15) is 43.9 Å². The summed E-state index contributed by atoms with van der Waals surface area (Å²) in [6.45, 7) is 6.85. The standard InChI is InChI=1S/C33H37ClN6O2/c1-3-40(32(42)37(2)31-14-11-26(21-29(31)34)30-8-6-7-27(22-35)36-30)33(24-41)15-19-38(20-16-33)23-25-9-12-28(13-10-25)39-17-4-5-18-39/h6-14,21,24H,3-5,15-20,23H2,1-2H3. The van der Waals surface area contributed by atoms with Gasteiger partial charge in [0.2, 0.25) is 0 Å². The second-order valence-electron chi connectivity index (χ2n) is 11.1. The molecule has 0 spiro atoms. The van der Waals surface area contributed by atoms with E-state index in [2.05, 4.69) is 39.0 Å². The Morgan fingerprint density at radius 3 is 2.40 bits per heavy atom. The number of likely N-dealkylation sites (N-methyl/N-ethyl adjacent to an activating group) is 1. The number of benzene rings is 2. The smallest absolute Gasteiger partial charge is 0.325 e. The first-order valence-electron chi connectivity index (χ1n) is 14.6. The van der Waals surface area contributed by atoms with Crippen LogP contribution in [0.3, 0.4) is 0 Å². The Balaban J connectivity index is 1.24. The summed E-state index contributed by atoms with van der Waals surface area (Å²) < 4.78 is 0. The quantitative estimate of drug-likeness (QED) is 0.303. The number of urea groups is 1. The van der Waals surface area contributed by atoms with Gasteiger partial charge in [0.25, 0.3) is 0 Å². The summed E-state index contributed by atoms with van der Waals surface area (Å²) in [5.74, 6) is 0. The van der Waals surface area contributed by atoms with Gasteiger partial charge >= 0.3 is 6.03 Å². The molecule has 0 unspecified atom stereocenters. The van der Waals surface area contributed by atoms with Gasteiger partial charge in [-0.05, 0) is 74.6 Å². The third kappa shape index (κ3) is 6.13. The van der Waals surface area contributed by atoms with Crippen molar-refractivity contribution in [2.24, 2.45) is 0 Å². The summed E-state index contributed by atoms with van der Waals surface area (Å²) in [6.07, 6.45) is 4.63. The number of nitrogens with zero attached hydrogens (tertiary/aromatic N) is 6. The van der Waals surface area contributed by atoms with E-state index in [4.69, 9.17) is 11.6 Å². The number of pyridine rings is 1. The molecule has 0 bridgehead atoms. The molecular weight excluding hydrogens is 548 g/mol. The lowest BCUT2D eigenvalue weighted by Crippen LogP contribution is -2.60. The number of hydrogen-bond donors (Lipinski definition) is 0. The van der Waals surface area contributed by atoms with E-state index in [0.717, 1.165) is 44.6 Å². The van der Waals surface area contributed by atoms with Crippen LogP contribution in [-0.4, -0.2) is 72.4 Å². The number of carbonyl (C=O) groups is 2. The molecule has 2 amide bonds. The average molecular weight is 585 g/mol. The second kappa shape index (κ2) is 12.9. The molecule has 42 heavy (non-hydrogen) atoms. The Kier molecular flexibility index (Phi) is 9.10. The lowest BCUT2D eigenvalue weighted by atomic mass is 9.87. The minimum absolute atomic E-state index is 0.269. The van der Waals surface area contributed by atoms with Gasteiger partial charge in [0.1, 0.15) is 23.6 Å². The first kappa shape index (κ1) is 29.6. The van der Waals surface area contributed by atoms with Crippen LogP contribution < -0.4 is 9.80 Å². The Morgan fingerprint density at radius 1 is 1.07 bits per heavy atom. The zero-order valence-corrected chi connectivity index (χ0v) is 25.1. The SMILES string of the molecule is CCN(C(=O)N(C)c1ccc(-c2cccc(C#N)n2)cc1Cl)C1(C=O)CCN(Cc2ccc(N3CCCC3)cc2)CC1. The number of aldehydes is 1. The zero-order valence-electron chi connectivity index (χ0n) is 24.3. The average Bonchev–Trinajstić information content (AvgIpc) is 3.57. The van der Waals surface area contributed by atoms with Crippen molar-refractivity contribution in [1.29, 1.82) is 5.26 Å². The van der Waals surface area contributed by atoms with Gasteiger partial charge in [-0.15, -0.1) is 0 Å². The Bertz CT molecular complexity index is 1460. The van der Waals surface area contributed by atoms with Crippen molar-refractivity contribution in [3.63, 3.8) is 0 Å². The molecule has 2 aliphatic heterocycles. The summed E-state index contributed by atoms with van der Waals surface area (Å²) >= 11 is 6.65. The topological polar surface area (TPSA) is 83.8 Å². The number of hydrogen-bond acceptors (Lipinski definition) is 6. The molecule has 0 aliphatic carbocycles. The van der Waals surface area contributed by atoms with Gasteiger partial charge < -0.3 is 14.6 Å². The van der Waals surface area contributed by atoms with E-state index >= 15 is 0 Å². The van der Waals surface area contributed by atoms with Crippen LogP contribution in [0, 0.1) is 11.3 Å². The minimum Gasteiger partial charge on any atom is -0.372 e. The van der Waals surface area contributed by atoms with E-state index in [1.165, 1.54) is 29.0 Å². The van der Waals surface area contributed by atoms with Crippen LogP contribution in [0.2, 0.25) is 5.02 Å². The number of carbonyl (C=O) groups excluding carboxylic acids is 2. The molecular formula is C33H37ClN6O2. The predicted octanol–water partition coefficient (Wildman–Crippen LogP) is 5.99. The molecule has 2 aliphatic rings. The number of piperidine rings is 1. The van der Waals surface area contributed by atoms with E-state index in [-0.39, 0.29) is 6.03 Å². The van der Waals surface area contributed by atoms with Gasteiger partial charge in [-0.3, -0.25) is 9.80 Å². The number of nitriles is 1. The van der Waals surface area contributed by atoms with Crippen LogP contribution in [0.15, 0.2) is 60.7 Å². The molecule has 0 atom stereocenters. The number of halogens is 1. The lowest BCUT2D eigenvalue weighted by molar-refractivity contribution is -0.119. The maximum absolute atomic E-state index is 13.8. The first-order valence-corrected chi connectivity index (χ1v) is 15.0. The fourth-order valence-electron chi connectivity index (χ4n) is 6.12. The molecule has 218 valence electrons. The Hall–Kier alpha value is -3.93. The highest BCUT2D eigenvalue weighted by molar-refractivity contribution is 6.34. The van der Waals surface area contributed by atoms with E-state index in [0.29, 0.717) is 41.5 Å². The van der Waals surface area contributed by atoms with Crippen LogP contribution in [0.5, 0.6) is 0 Å². The highest BCUT2D eigenvalue weighted by Crippen LogP contribution is 2.34. The summed E-state index contributed by atoms with van der Waals surface area (Å²) in [4.78, 5) is 38.7. The lowest BCUT2D eigenvalue weighted by Gasteiger charge is -2.46. The van der Waals surface area contributed by atoms with E-state index < -0.39 is 5.54 Å². The van der Waals surface area contributed by atoms with Crippen LogP contribution >= 0.6 is 11.6 Å². The maximum Gasteiger partial charge on any atom is 0.325 e. The molecule has 0 N–H and O–H groups in total. The van der Waals surface area contributed by atoms with Gasteiger partial charge in [-0.2, -0.15) is 5.26 Å². The fraction of sp³-hybridized carbons (Fsp3) is 0.394. The molecule has 0 saturated carbocycles. The number of aromatic nitrogens is 1. The Labute approximate surface area is 253 Å². The maximum atomic E-state index is 13.8. The van der Waals surface area contributed by atoms with Crippen molar-refractivity contribution in [3.05, 3.63) is 76.9 Å². The fourth-order valence-corrected chi connectivity index (χ4v) is 6.42. The van der Waals surface area contributed by atoms with Crippen molar-refractivity contribution >= 4 is 35.3 Å². The third-order valence-corrected chi connectivity index (χ3v) is 8.90. The highest BCUT2D eigenvalue weighted by atomic mass is 35.5. The molecule has 8 nitrogen and oxygen atoms in total. The molecule has 2 aromatic carbocycles. The van der Waals surface area contributed by atoms with Crippen molar-refractivity contribution in [2.75, 3.05) is 49.6 Å². The first-order chi connectivity index (χ1) is 20.4. The normalized spacial score (nSPS) is 16.6. The van der Waals surface area contributed by atoms with Crippen molar-refractivity contribution in [3.8, 4) is 17.3 Å². The van der Waals surface area contributed by atoms with E-state index in [9.17, 15) is 14.9 Å². The monoisotopic (exact) mass is 584 g/mol. The molecule has 9 heteroatoms. The number of rotatable bonds is 8. The number of likely N-dealkylation sites (tertiary alicyclic amines) is 1. The third-order valence-electron chi connectivity index (χ3n) is 8.60. The Morgan fingerprint density at radius 2 is 1.79 bits per heavy atom. The summed E-state index contributed by atoms with van der Waals surface area (Å²) in [5.41, 5.74) is 3.90. The van der Waals surface area contributed by atoms with Gasteiger partial charge in [-0.25, -0.2) is 9.78 Å².